The largest absolute Gasteiger partial charge is 0.396 e. The van der Waals surface area contributed by atoms with E-state index in [0.29, 0.717) is 24.5 Å². The number of aromatic nitrogens is 1. The number of nitrogens with one attached hydrogen (secondary N) is 1. The fourth-order valence-corrected chi connectivity index (χ4v) is 2.52. The summed E-state index contributed by atoms with van der Waals surface area (Å²) < 4.78 is 0. The summed E-state index contributed by atoms with van der Waals surface area (Å²) in [5, 5.41) is 9.16. The molecule has 2 rings (SSSR count). The van der Waals surface area contributed by atoms with Gasteiger partial charge in [0.05, 0.1) is 0 Å². The zero-order valence-electron chi connectivity index (χ0n) is 11.8. The number of nitrogens with two attached hydrogens (primary N) is 1. The molecule has 1 aromatic heterocycles. The first kappa shape index (κ1) is 14.7. The highest BCUT2D eigenvalue weighted by atomic mass is 16.3. The molecule has 110 valence electrons. The van der Waals surface area contributed by atoms with Gasteiger partial charge in [-0.05, 0) is 25.0 Å². The number of amides is 1. The van der Waals surface area contributed by atoms with Crippen molar-refractivity contribution in [1.82, 2.24) is 9.88 Å². The second-order valence-electron chi connectivity index (χ2n) is 5.22. The number of hydrazine groups is 1. The Balaban J connectivity index is 2.18. The van der Waals surface area contributed by atoms with Gasteiger partial charge in [-0.1, -0.05) is 13.3 Å². The third kappa shape index (κ3) is 3.26. The van der Waals surface area contributed by atoms with Gasteiger partial charge in [0, 0.05) is 36.9 Å². The van der Waals surface area contributed by atoms with Crippen LogP contribution < -0.4 is 11.3 Å². The summed E-state index contributed by atoms with van der Waals surface area (Å²) >= 11 is 0. The molecular formula is C14H22N4O2. The SMILES string of the molecule is CCCc1cc(C(=O)N2CCC(CO)C2)cc(NN)n1. The Labute approximate surface area is 119 Å². The third-order valence-electron chi connectivity index (χ3n) is 3.61. The van der Waals surface area contributed by atoms with Crippen LogP contribution in [0, 0.1) is 5.92 Å². The number of nitrogens with zero attached hydrogens (tertiary/aromatic N) is 2. The van der Waals surface area contributed by atoms with Crippen LogP contribution >= 0.6 is 0 Å². The van der Waals surface area contributed by atoms with Gasteiger partial charge in [-0.3, -0.25) is 4.79 Å². The van der Waals surface area contributed by atoms with Crippen molar-refractivity contribution < 1.29 is 9.90 Å². The Kier molecular flexibility index (Phi) is 4.92. The van der Waals surface area contributed by atoms with Gasteiger partial charge >= 0.3 is 0 Å². The number of nitrogen functional groups attached to an aromatic ring is 1. The predicted molar refractivity (Wildman–Crippen MR) is 77.1 cm³/mol. The highest BCUT2D eigenvalue weighted by molar-refractivity contribution is 5.95. The molecule has 1 aliphatic rings. The Morgan fingerprint density at radius 1 is 1.60 bits per heavy atom. The van der Waals surface area contributed by atoms with Crippen LogP contribution in [0.2, 0.25) is 0 Å². The van der Waals surface area contributed by atoms with Gasteiger partial charge in [0.2, 0.25) is 0 Å². The van der Waals surface area contributed by atoms with E-state index in [1.165, 1.54) is 0 Å². The second kappa shape index (κ2) is 6.67. The minimum Gasteiger partial charge on any atom is -0.396 e. The fourth-order valence-electron chi connectivity index (χ4n) is 2.52. The standard InChI is InChI=1S/C14H22N4O2/c1-2-3-12-6-11(7-13(16-12)17-15)14(20)18-5-4-10(8-18)9-19/h6-7,10,19H,2-5,8-9,15H2,1H3,(H,16,17). The van der Waals surface area contributed by atoms with Crippen molar-refractivity contribution in [2.24, 2.45) is 11.8 Å². The molecular weight excluding hydrogens is 256 g/mol. The number of aliphatic hydroxyl groups is 1. The van der Waals surface area contributed by atoms with Gasteiger partial charge in [-0.25, -0.2) is 10.8 Å². The number of anilines is 1. The first-order chi connectivity index (χ1) is 9.67. The number of rotatable bonds is 5. The van der Waals surface area contributed by atoms with E-state index in [-0.39, 0.29) is 18.4 Å². The number of carbonyl (C=O) groups excluding carboxylic acids is 1. The van der Waals surface area contributed by atoms with E-state index in [1.54, 1.807) is 11.0 Å². The van der Waals surface area contributed by atoms with Crippen LogP contribution in [0.5, 0.6) is 0 Å². The van der Waals surface area contributed by atoms with Crippen molar-refractivity contribution >= 4 is 11.7 Å². The van der Waals surface area contributed by atoms with E-state index in [9.17, 15) is 4.79 Å². The van der Waals surface area contributed by atoms with Gasteiger partial charge in [0.25, 0.3) is 5.91 Å². The lowest BCUT2D eigenvalue weighted by molar-refractivity contribution is 0.0781. The Morgan fingerprint density at radius 3 is 3.00 bits per heavy atom. The molecule has 0 aliphatic carbocycles. The van der Waals surface area contributed by atoms with E-state index in [1.807, 2.05) is 6.07 Å². The number of hydrogen-bond acceptors (Lipinski definition) is 5. The summed E-state index contributed by atoms with van der Waals surface area (Å²) in [6, 6.07) is 3.51. The van der Waals surface area contributed by atoms with E-state index in [0.717, 1.165) is 25.0 Å². The molecule has 1 unspecified atom stereocenters. The molecule has 6 heteroatoms. The molecule has 1 saturated heterocycles. The first-order valence-electron chi connectivity index (χ1n) is 7.05. The topological polar surface area (TPSA) is 91.5 Å². The molecule has 0 spiro atoms. The summed E-state index contributed by atoms with van der Waals surface area (Å²) in [5.74, 6) is 6.10. The summed E-state index contributed by atoms with van der Waals surface area (Å²) in [5.41, 5.74) is 3.98. The predicted octanol–water partition coefficient (Wildman–Crippen LogP) is 0.774. The quantitative estimate of drug-likeness (QED) is 0.547. The monoisotopic (exact) mass is 278 g/mol. The summed E-state index contributed by atoms with van der Waals surface area (Å²) in [4.78, 5) is 18.6. The molecule has 1 aromatic rings. The van der Waals surface area contributed by atoms with Crippen molar-refractivity contribution in [1.29, 1.82) is 0 Å². The zero-order valence-corrected chi connectivity index (χ0v) is 11.8. The average Bonchev–Trinajstić information content (AvgIpc) is 2.95. The minimum atomic E-state index is -0.0165. The Morgan fingerprint density at radius 2 is 2.40 bits per heavy atom. The Bertz CT molecular complexity index is 478. The van der Waals surface area contributed by atoms with Crippen LogP contribution in [0.15, 0.2) is 12.1 Å². The minimum absolute atomic E-state index is 0.0165. The average molecular weight is 278 g/mol. The zero-order chi connectivity index (χ0) is 14.5. The maximum atomic E-state index is 12.5. The van der Waals surface area contributed by atoms with Crippen molar-refractivity contribution in [3.05, 3.63) is 23.4 Å². The van der Waals surface area contributed by atoms with E-state index >= 15 is 0 Å². The van der Waals surface area contributed by atoms with Crippen molar-refractivity contribution in [2.75, 3.05) is 25.1 Å². The molecule has 0 bridgehead atoms. The summed E-state index contributed by atoms with van der Waals surface area (Å²) in [6.07, 6.45) is 2.64. The maximum absolute atomic E-state index is 12.5. The molecule has 20 heavy (non-hydrogen) atoms. The van der Waals surface area contributed by atoms with Crippen molar-refractivity contribution in [2.45, 2.75) is 26.2 Å². The summed E-state index contributed by atoms with van der Waals surface area (Å²) in [7, 11) is 0. The number of aliphatic hydroxyl groups excluding tert-OH is 1. The van der Waals surface area contributed by atoms with E-state index in [2.05, 4.69) is 17.3 Å². The van der Waals surface area contributed by atoms with Gasteiger partial charge in [-0.15, -0.1) is 0 Å². The normalized spacial score (nSPS) is 18.4. The van der Waals surface area contributed by atoms with E-state index in [4.69, 9.17) is 10.9 Å². The molecule has 0 saturated carbocycles. The second-order valence-corrected chi connectivity index (χ2v) is 5.22. The number of likely N-dealkylation sites (tertiary alicyclic amines) is 1. The molecule has 0 aromatic carbocycles. The van der Waals surface area contributed by atoms with Crippen molar-refractivity contribution in [3.63, 3.8) is 0 Å². The van der Waals surface area contributed by atoms with Crippen LogP contribution in [0.1, 0.15) is 35.8 Å². The van der Waals surface area contributed by atoms with Crippen LogP contribution in [0.3, 0.4) is 0 Å². The lowest BCUT2D eigenvalue weighted by atomic mass is 10.1. The lowest BCUT2D eigenvalue weighted by Gasteiger charge is -2.17. The maximum Gasteiger partial charge on any atom is 0.254 e. The first-order valence-corrected chi connectivity index (χ1v) is 7.05. The molecule has 2 heterocycles. The molecule has 1 fully saturated rings. The number of hydrogen-bond donors (Lipinski definition) is 3. The molecule has 1 amide bonds. The molecule has 6 nitrogen and oxygen atoms in total. The fraction of sp³-hybridized carbons (Fsp3) is 0.571. The molecule has 0 radical (unpaired) electrons. The number of carbonyl (C=O) groups is 1. The highest BCUT2D eigenvalue weighted by Crippen LogP contribution is 2.20. The smallest absolute Gasteiger partial charge is 0.254 e. The number of pyridine rings is 1. The number of aryl methyl sites for hydroxylation is 1. The summed E-state index contributed by atoms with van der Waals surface area (Å²) in [6.45, 7) is 3.52. The lowest BCUT2D eigenvalue weighted by Crippen LogP contribution is -2.29. The third-order valence-corrected chi connectivity index (χ3v) is 3.61. The van der Waals surface area contributed by atoms with Crippen LogP contribution in [-0.4, -0.2) is 40.6 Å². The Hall–Kier alpha value is -1.66. The van der Waals surface area contributed by atoms with Crippen LogP contribution in [0.25, 0.3) is 0 Å². The van der Waals surface area contributed by atoms with Gasteiger partial charge < -0.3 is 15.4 Å². The van der Waals surface area contributed by atoms with Gasteiger partial charge in [0.1, 0.15) is 5.82 Å². The van der Waals surface area contributed by atoms with Crippen LogP contribution in [-0.2, 0) is 6.42 Å². The van der Waals surface area contributed by atoms with Crippen molar-refractivity contribution in [3.8, 4) is 0 Å². The van der Waals surface area contributed by atoms with Crippen LogP contribution in [0.4, 0.5) is 5.82 Å². The van der Waals surface area contributed by atoms with Gasteiger partial charge in [0.15, 0.2) is 0 Å². The van der Waals surface area contributed by atoms with Gasteiger partial charge in [-0.2, -0.15) is 0 Å². The molecule has 1 aliphatic heterocycles. The molecule has 1 atom stereocenters. The highest BCUT2D eigenvalue weighted by Gasteiger charge is 2.26. The molecule has 4 N–H and O–H groups in total. The van der Waals surface area contributed by atoms with E-state index < -0.39 is 0 Å².